The maximum Gasteiger partial charge on any atom is 0.191 e. The molecule has 0 bridgehead atoms. The monoisotopic (exact) mass is 423 g/mol. The third-order valence-corrected chi connectivity index (χ3v) is 6.59. The molecule has 158 valence electrons. The van der Waals surface area contributed by atoms with E-state index in [9.17, 15) is 0 Å². The molecule has 6 nitrogen and oxygen atoms in total. The number of aliphatic imine (C=N–C) groups is 1. The molecule has 1 aromatic carbocycles. The van der Waals surface area contributed by atoms with Crippen LogP contribution in [0, 0.1) is 5.92 Å². The molecule has 0 aliphatic carbocycles. The lowest BCUT2D eigenvalue weighted by Crippen LogP contribution is -2.44. The van der Waals surface area contributed by atoms with E-state index < -0.39 is 0 Å². The van der Waals surface area contributed by atoms with Crippen molar-refractivity contribution in [3.05, 3.63) is 64.5 Å². The number of piperidine rings is 1. The zero-order chi connectivity index (χ0) is 20.8. The van der Waals surface area contributed by atoms with Gasteiger partial charge >= 0.3 is 0 Å². The van der Waals surface area contributed by atoms with Crippen LogP contribution < -0.4 is 10.6 Å². The van der Waals surface area contributed by atoms with Gasteiger partial charge in [0.15, 0.2) is 11.7 Å². The molecule has 0 radical (unpaired) electrons. The average Bonchev–Trinajstić information content (AvgIpc) is 3.47. The molecular weight excluding hydrogens is 394 g/mol. The first-order chi connectivity index (χ1) is 14.7. The quantitative estimate of drug-likeness (QED) is 0.461. The number of hydrogen-bond donors (Lipinski definition) is 2. The Hall–Kier alpha value is -2.64. The molecule has 1 saturated heterocycles. The molecule has 3 heterocycles. The van der Waals surface area contributed by atoms with Gasteiger partial charge in [0.2, 0.25) is 0 Å². The Morgan fingerprint density at radius 3 is 2.87 bits per heavy atom. The molecule has 1 aliphatic rings. The molecule has 2 atom stereocenters. The fraction of sp³-hybridized carbons (Fsp3) is 0.391. The van der Waals surface area contributed by atoms with E-state index in [0.29, 0.717) is 18.5 Å². The first-order valence-electron chi connectivity index (χ1n) is 10.4. The van der Waals surface area contributed by atoms with Gasteiger partial charge in [-0.15, -0.1) is 11.3 Å². The van der Waals surface area contributed by atoms with Gasteiger partial charge in [0.25, 0.3) is 0 Å². The number of hydrogen-bond acceptors (Lipinski definition) is 5. The van der Waals surface area contributed by atoms with Gasteiger partial charge < -0.3 is 15.2 Å². The summed E-state index contributed by atoms with van der Waals surface area (Å²) in [5.74, 6) is 2.12. The highest BCUT2D eigenvalue weighted by molar-refractivity contribution is 7.10. The topological polar surface area (TPSA) is 65.7 Å². The van der Waals surface area contributed by atoms with E-state index in [1.807, 2.05) is 47.7 Å². The third kappa shape index (κ3) is 4.91. The Morgan fingerprint density at radius 1 is 1.23 bits per heavy atom. The molecule has 1 aliphatic heterocycles. The molecule has 0 amide bonds. The summed E-state index contributed by atoms with van der Waals surface area (Å²) in [7, 11) is 4.04. The van der Waals surface area contributed by atoms with Gasteiger partial charge in [-0.05, 0) is 43.8 Å². The summed E-state index contributed by atoms with van der Waals surface area (Å²) < 4.78 is 5.48. The van der Waals surface area contributed by atoms with Gasteiger partial charge in [-0.1, -0.05) is 41.6 Å². The second-order valence-corrected chi connectivity index (χ2v) is 8.68. The van der Waals surface area contributed by atoms with E-state index in [1.165, 1.54) is 17.7 Å². The summed E-state index contributed by atoms with van der Waals surface area (Å²) in [6, 6.07) is 16.9. The van der Waals surface area contributed by atoms with Gasteiger partial charge in [0.05, 0.1) is 6.54 Å². The van der Waals surface area contributed by atoms with Crippen molar-refractivity contribution in [1.82, 2.24) is 20.7 Å². The number of rotatable bonds is 6. The van der Waals surface area contributed by atoms with Crippen molar-refractivity contribution in [2.45, 2.75) is 25.4 Å². The Morgan fingerprint density at radius 2 is 2.10 bits per heavy atom. The predicted octanol–water partition coefficient (Wildman–Crippen LogP) is 4.15. The number of thiophene rings is 1. The lowest BCUT2D eigenvalue weighted by Gasteiger charge is -2.39. The van der Waals surface area contributed by atoms with Crippen molar-refractivity contribution in [2.24, 2.45) is 10.9 Å². The SMILES string of the molecule is CN=C(NCc1cc(-c2ccccc2)on1)NCC1CCCN(C)C1c1cccs1. The van der Waals surface area contributed by atoms with Gasteiger partial charge in [-0.2, -0.15) is 0 Å². The maximum absolute atomic E-state index is 5.48. The summed E-state index contributed by atoms with van der Waals surface area (Å²) in [4.78, 5) is 8.32. The van der Waals surface area contributed by atoms with Crippen LogP contribution in [0.4, 0.5) is 0 Å². The van der Waals surface area contributed by atoms with Crippen molar-refractivity contribution >= 4 is 17.3 Å². The highest BCUT2D eigenvalue weighted by Crippen LogP contribution is 2.36. The molecular formula is C23H29N5OS. The molecule has 2 unspecified atom stereocenters. The van der Waals surface area contributed by atoms with Gasteiger partial charge in [-0.3, -0.25) is 9.89 Å². The Balaban J connectivity index is 1.32. The molecule has 1 fully saturated rings. The zero-order valence-corrected chi connectivity index (χ0v) is 18.4. The fourth-order valence-corrected chi connectivity index (χ4v) is 5.12. The number of benzene rings is 1. The van der Waals surface area contributed by atoms with Crippen molar-refractivity contribution in [1.29, 1.82) is 0 Å². The van der Waals surface area contributed by atoms with Crippen LogP contribution in [0.15, 0.2) is 63.4 Å². The van der Waals surface area contributed by atoms with Gasteiger partial charge in [0, 0.05) is 36.1 Å². The van der Waals surface area contributed by atoms with Crippen LogP contribution in [0.1, 0.15) is 29.5 Å². The molecule has 3 aromatic rings. The smallest absolute Gasteiger partial charge is 0.191 e. The summed E-state index contributed by atoms with van der Waals surface area (Å²) in [5, 5.41) is 13.2. The van der Waals surface area contributed by atoms with Gasteiger partial charge in [0.1, 0.15) is 5.69 Å². The van der Waals surface area contributed by atoms with E-state index in [-0.39, 0.29) is 0 Å². The minimum Gasteiger partial charge on any atom is -0.356 e. The number of nitrogens with one attached hydrogen (secondary N) is 2. The zero-order valence-electron chi connectivity index (χ0n) is 17.5. The molecule has 0 spiro atoms. The third-order valence-electron chi connectivity index (χ3n) is 5.65. The number of guanidine groups is 1. The van der Waals surface area contributed by atoms with Crippen LogP contribution in [-0.2, 0) is 6.54 Å². The van der Waals surface area contributed by atoms with E-state index in [1.54, 1.807) is 7.05 Å². The minimum atomic E-state index is 0.466. The highest BCUT2D eigenvalue weighted by Gasteiger charge is 2.31. The Labute approximate surface area is 182 Å². The first kappa shape index (κ1) is 20.6. The highest BCUT2D eigenvalue weighted by atomic mass is 32.1. The van der Waals surface area contributed by atoms with Crippen LogP contribution in [-0.4, -0.2) is 43.2 Å². The normalized spacial score (nSPS) is 20.3. The second-order valence-electron chi connectivity index (χ2n) is 7.70. The maximum atomic E-state index is 5.48. The van der Waals surface area contributed by atoms with Crippen molar-refractivity contribution in [3.8, 4) is 11.3 Å². The fourth-order valence-electron chi connectivity index (χ4n) is 4.14. The molecule has 2 aromatic heterocycles. The predicted molar refractivity (Wildman–Crippen MR) is 123 cm³/mol. The summed E-state index contributed by atoms with van der Waals surface area (Å²) >= 11 is 1.85. The number of likely N-dealkylation sites (tertiary alicyclic amines) is 1. The largest absolute Gasteiger partial charge is 0.356 e. The minimum absolute atomic E-state index is 0.466. The van der Waals surface area contributed by atoms with Crippen LogP contribution in [0.2, 0.25) is 0 Å². The van der Waals surface area contributed by atoms with Crippen LogP contribution in [0.25, 0.3) is 11.3 Å². The number of nitrogens with zero attached hydrogens (tertiary/aromatic N) is 3. The van der Waals surface area contributed by atoms with Crippen LogP contribution >= 0.6 is 11.3 Å². The molecule has 0 saturated carbocycles. The van der Waals surface area contributed by atoms with E-state index in [4.69, 9.17) is 4.52 Å². The molecule has 4 rings (SSSR count). The van der Waals surface area contributed by atoms with E-state index >= 15 is 0 Å². The van der Waals surface area contributed by atoms with Crippen LogP contribution in [0.3, 0.4) is 0 Å². The van der Waals surface area contributed by atoms with Crippen molar-refractivity contribution < 1.29 is 4.52 Å². The number of aromatic nitrogens is 1. The van der Waals surface area contributed by atoms with Crippen molar-refractivity contribution in [3.63, 3.8) is 0 Å². The summed E-state index contributed by atoms with van der Waals surface area (Å²) in [6.45, 7) is 2.61. The summed E-state index contributed by atoms with van der Waals surface area (Å²) in [5.41, 5.74) is 1.88. The molecule has 2 N–H and O–H groups in total. The van der Waals surface area contributed by atoms with Gasteiger partial charge in [-0.25, -0.2) is 0 Å². The van der Waals surface area contributed by atoms with Crippen molar-refractivity contribution in [2.75, 3.05) is 27.2 Å². The Bertz CT molecular complexity index is 938. The molecule has 30 heavy (non-hydrogen) atoms. The molecule has 7 heteroatoms. The second kappa shape index (κ2) is 9.91. The standard InChI is InChI=1S/C23H29N5OS/c1-24-23(26-16-19-14-20(29-27-19)17-8-4-3-5-9-17)25-15-18-10-6-12-28(2)22(18)21-11-7-13-30-21/h3-5,7-9,11,13-14,18,22H,6,10,12,15-16H2,1-2H3,(H2,24,25,26). The summed E-state index contributed by atoms with van der Waals surface area (Å²) in [6.07, 6.45) is 2.46. The Kier molecular flexibility index (Phi) is 6.81. The first-order valence-corrected chi connectivity index (χ1v) is 11.3. The lowest BCUT2D eigenvalue weighted by molar-refractivity contribution is 0.125. The van der Waals surface area contributed by atoms with E-state index in [0.717, 1.165) is 36.1 Å². The van der Waals surface area contributed by atoms with E-state index in [2.05, 4.69) is 50.2 Å². The lowest BCUT2D eigenvalue weighted by atomic mass is 9.88. The average molecular weight is 424 g/mol. The van der Waals surface area contributed by atoms with Crippen LogP contribution in [0.5, 0.6) is 0 Å².